The number of hydrogen-bond acceptors (Lipinski definition) is 0. The Labute approximate surface area is 150 Å². The molecule has 0 saturated carbocycles. The summed E-state index contributed by atoms with van der Waals surface area (Å²) >= 11 is 1.22. The fraction of sp³-hybridized carbons (Fsp3) is 1.00. The van der Waals surface area contributed by atoms with Crippen LogP contribution in [0.15, 0.2) is 0 Å². The van der Waals surface area contributed by atoms with E-state index in [1.54, 1.807) is 6.92 Å². The Morgan fingerprint density at radius 2 is 1.12 bits per heavy atom. The van der Waals surface area contributed by atoms with Crippen molar-refractivity contribution >= 4 is 22.6 Å². The molecule has 0 aliphatic carbocycles. The SMILES string of the molecule is CCCCC(I)(CC)CC(F)(C(F)(F)F)C(F)(F)C(F)(F)C(F)(F)F. The maximum absolute atomic E-state index is 14.4. The van der Waals surface area contributed by atoms with Crippen molar-refractivity contribution in [2.24, 2.45) is 0 Å². The van der Waals surface area contributed by atoms with E-state index in [2.05, 4.69) is 0 Å². The highest BCUT2D eigenvalue weighted by atomic mass is 127. The summed E-state index contributed by atoms with van der Waals surface area (Å²) in [5.74, 6) is -14.2. The van der Waals surface area contributed by atoms with Crippen LogP contribution in [0.25, 0.3) is 0 Å². The molecule has 0 radical (unpaired) electrons. The predicted octanol–water partition coefficient (Wildman–Crippen LogP) is 7.25. The summed E-state index contributed by atoms with van der Waals surface area (Å²) in [4.78, 5) is 0. The van der Waals surface area contributed by atoms with E-state index in [0.717, 1.165) is 0 Å². The van der Waals surface area contributed by atoms with E-state index in [1.165, 1.54) is 29.5 Å². The molecular formula is C13H16F11I. The first-order chi connectivity index (χ1) is 10.8. The van der Waals surface area contributed by atoms with Gasteiger partial charge >= 0.3 is 24.2 Å². The zero-order valence-corrected chi connectivity index (χ0v) is 15.2. The average molecular weight is 508 g/mol. The summed E-state index contributed by atoms with van der Waals surface area (Å²) in [6.07, 6.45) is -16.0. The minimum absolute atomic E-state index is 0.159. The molecule has 0 bridgehead atoms. The fourth-order valence-electron chi connectivity index (χ4n) is 2.14. The maximum Gasteiger partial charge on any atom is 0.460 e. The number of halogens is 12. The van der Waals surface area contributed by atoms with E-state index in [4.69, 9.17) is 0 Å². The standard InChI is InChI=1S/C13H16F11I/c1-3-5-6-8(25,4-2)7-9(14,12(19,20)21)10(15,16)11(17,18)13(22,23)24/h3-7H2,1-2H3. The second-order valence-corrected chi connectivity index (χ2v) is 8.02. The largest absolute Gasteiger partial charge is 0.460 e. The normalized spacial score (nSPS) is 19.4. The molecule has 0 aromatic heterocycles. The van der Waals surface area contributed by atoms with Crippen molar-refractivity contribution in [1.82, 2.24) is 0 Å². The third-order valence-corrected chi connectivity index (χ3v) is 5.55. The molecule has 0 amide bonds. The molecule has 0 spiro atoms. The molecule has 12 heteroatoms. The molecule has 2 unspecified atom stereocenters. The molecule has 0 aromatic carbocycles. The molecule has 0 fully saturated rings. The molecule has 0 nitrogen and oxygen atoms in total. The zero-order valence-electron chi connectivity index (χ0n) is 13.1. The van der Waals surface area contributed by atoms with Crippen LogP contribution in [-0.2, 0) is 0 Å². The summed E-state index contributed by atoms with van der Waals surface area (Å²) in [5.41, 5.74) is -6.05. The molecular weight excluding hydrogens is 492 g/mol. The van der Waals surface area contributed by atoms with Crippen LogP contribution in [0.3, 0.4) is 0 Å². The first-order valence-electron chi connectivity index (χ1n) is 7.10. The van der Waals surface area contributed by atoms with Gasteiger partial charge in [-0.25, -0.2) is 4.39 Å². The Morgan fingerprint density at radius 3 is 1.40 bits per heavy atom. The molecule has 0 aliphatic rings. The van der Waals surface area contributed by atoms with Crippen molar-refractivity contribution in [3.63, 3.8) is 0 Å². The van der Waals surface area contributed by atoms with Gasteiger partial charge in [-0.1, -0.05) is 49.3 Å². The van der Waals surface area contributed by atoms with Crippen LogP contribution in [0.1, 0.15) is 46.0 Å². The van der Waals surface area contributed by atoms with Crippen molar-refractivity contribution in [2.45, 2.75) is 79.2 Å². The average Bonchev–Trinajstić information content (AvgIpc) is 2.42. The Balaban J connectivity index is 6.25. The van der Waals surface area contributed by atoms with Gasteiger partial charge in [0.1, 0.15) is 0 Å². The fourth-order valence-corrected chi connectivity index (χ4v) is 3.04. The third-order valence-electron chi connectivity index (χ3n) is 3.87. The first-order valence-corrected chi connectivity index (χ1v) is 8.17. The van der Waals surface area contributed by atoms with Crippen molar-refractivity contribution in [2.75, 3.05) is 0 Å². The van der Waals surface area contributed by atoms with Crippen LogP contribution in [0.4, 0.5) is 48.3 Å². The molecule has 0 rings (SSSR count). The van der Waals surface area contributed by atoms with Crippen LogP contribution in [0.2, 0.25) is 0 Å². The van der Waals surface area contributed by atoms with Crippen molar-refractivity contribution in [3.8, 4) is 0 Å². The minimum atomic E-state index is -7.19. The molecule has 25 heavy (non-hydrogen) atoms. The molecule has 0 N–H and O–H groups in total. The summed E-state index contributed by atoms with van der Waals surface area (Å²) < 4.78 is 141. The Hall–Kier alpha value is -0.0400. The third kappa shape index (κ3) is 4.63. The number of unbranched alkanes of at least 4 members (excludes halogenated alkanes) is 1. The molecule has 152 valence electrons. The van der Waals surface area contributed by atoms with Gasteiger partial charge in [-0.2, -0.15) is 43.9 Å². The lowest BCUT2D eigenvalue weighted by molar-refractivity contribution is -0.413. The van der Waals surface area contributed by atoms with E-state index in [-0.39, 0.29) is 19.3 Å². The lowest BCUT2D eigenvalue weighted by Crippen LogP contribution is -2.68. The van der Waals surface area contributed by atoms with Crippen LogP contribution >= 0.6 is 22.6 Å². The van der Waals surface area contributed by atoms with Gasteiger partial charge in [-0.05, 0) is 12.8 Å². The van der Waals surface area contributed by atoms with E-state index in [9.17, 15) is 48.3 Å². The van der Waals surface area contributed by atoms with Gasteiger partial charge in [0.2, 0.25) is 0 Å². The van der Waals surface area contributed by atoms with Gasteiger partial charge in [0, 0.05) is 9.84 Å². The number of rotatable bonds is 8. The summed E-state index contributed by atoms with van der Waals surface area (Å²) in [6.45, 7) is 2.80. The van der Waals surface area contributed by atoms with Crippen molar-refractivity contribution in [3.05, 3.63) is 0 Å². The van der Waals surface area contributed by atoms with Gasteiger partial charge in [0.15, 0.2) is 0 Å². The van der Waals surface area contributed by atoms with Crippen molar-refractivity contribution in [1.29, 1.82) is 0 Å². The zero-order chi connectivity index (χ0) is 20.5. The van der Waals surface area contributed by atoms with Crippen molar-refractivity contribution < 1.29 is 48.3 Å². The van der Waals surface area contributed by atoms with Gasteiger partial charge in [-0.3, -0.25) is 0 Å². The van der Waals surface area contributed by atoms with E-state index in [0.29, 0.717) is 6.42 Å². The summed E-state index contributed by atoms with van der Waals surface area (Å²) in [5, 5.41) is 0. The van der Waals surface area contributed by atoms with Gasteiger partial charge < -0.3 is 0 Å². The minimum Gasteiger partial charge on any atom is -0.227 e. The predicted molar refractivity (Wildman–Crippen MR) is 77.0 cm³/mol. The first kappa shape index (κ1) is 25.0. The molecule has 2 atom stereocenters. The smallest absolute Gasteiger partial charge is 0.227 e. The van der Waals surface area contributed by atoms with Gasteiger partial charge in [-0.15, -0.1) is 0 Å². The lowest BCUT2D eigenvalue weighted by Gasteiger charge is -2.43. The number of hydrogen-bond donors (Lipinski definition) is 0. The van der Waals surface area contributed by atoms with Gasteiger partial charge in [0.25, 0.3) is 5.67 Å². The molecule has 0 saturated heterocycles. The molecule has 0 heterocycles. The van der Waals surface area contributed by atoms with Gasteiger partial charge in [0.05, 0.1) is 0 Å². The monoisotopic (exact) mass is 508 g/mol. The van der Waals surface area contributed by atoms with E-state index >= 15 is 0 Å². The quantitative estimate of drug-likeness (QED) is 0.184. The summed E-state index contributed by atoms with van der Waals surface area (Å²) in [7, 11) is 0. The van der Waals surface area contributed by atoms with E-state index in [1.807, 2.05) is 0 Å². The highest BCUT2D eigenvalue weighted by molar-refractivity contribution is 14.1. The highest BCUT2D eigenvalue weighted by Gasteiger charge is 2.86. The van der Waals surface area contributed by atoms with E-state index < -0.39 is 39.7 Å². The number of alkyl halides is 12. The van der Waals surface area contributed by atoms with Crippen LogP contribution in [0.5, 0.6) is 0 Å². The lowest BCUT2D eigenvalue weighted by atomic mass is 9.80. The molecule has 0 aromatic rings. The second kappa shape index (κ2) is 7.53. The van der Waals surface area contributed by atoms with Crippen LogP contribution in [-0.4, -0.2) is 33.3 Å². The Bertz CT molecular complexity index is 442. The molecule has 0 aliphatic heterocycles. The van der Waals surface area contributed by atoms with Crippen LogP contribution in [0, 0.1) is 0 Å². The Kier molecular flexibility index (Phi) is 7.52. The highest BCUT2D eigenvalue weighted by Crippen LogP contribution is 2.60. The second-order valence-electron chi connectivity index (χ2n) is 5.73. The maximum atomic E-state index is 14.4. The van der Waals surface area contributed by atoms with Crippen LogP contribution < -0.4 is 0 Å². The summed E-state index contributed by atoms with van der Waals surface area (Å²) in [6, 6.07) is 0. The Morgan fingerprint density at radius 1 is 0.680 bits per heavy atom. The topological polar surface area (TPSA) is 0 Å².